The van der Waals surface area contributed by atoms with E-state index in [0.717, 1.165) is 13.0 Å². The predicted molar refractivity (Wildman–Crippen MR) is 60.5 cm³/mol. The van der Waals surface area contributed by atoms with E-state index in [4.69, 9.17) is 16.7 Å². The molecule has 0 unspecified atom stereocenters. The van der Waals surface area contributed by atoms with Crippen LogP contribution in [0.25, 0.3) is 0 Å². The average Bonchev–Trinajstić information content (AvgIpc) is 2.30. The molecule has 1 aromatic rings. The lowest BCUT2D eigenvalue weighted by molar-refractivity contribution is 0.0544. The number of hydrogen-bond donors (Lipinski definition) is 2. The van der Waals surface area contributed by atoms with E-state index in [1.807, 2.05) is 4.90 Å². The van der Waals surface area contributed by atoms with E-state index in [1.165, 1.54) is 12.4 Å². The second kappa shape index (κ2) is 4.95. The van der Waals surface area contributed by atoms with Crippen molar-refractivity contribution in [3.05, 3.63) is 17.4 Å². The molecule has 1 fully saturated rings. The molecule has 1 aliphatic rings. The molecule has 0 spiro atoms. The SMILES string of the molecule is OC[C@@H]1CCN(c2ncc(Cl)cn2)C[C@H]1O. The zero-order valence-electron chi connectivity index (χ0n) is 8.75. The van der Waals surface area contributed by atoms with Crippen molar-refractivity contribution < 1.29 is 10.2 Å². The lowest BCUT2D eigenvalue weighted by Gasteiger charge is -2.34. The van der Waals surface area contributed by atoms with E-state index in [0.29, 0.717) is 17.5 Å². The molecule has 0 aromatic carbocycles. The third-order valence-electron chi connectivity index (χ3n) is 2.85. The van der Waals surface area contributed by atoms with Crippen molar-refractivity contribution in [2.24, 2.45) is 5.92 Å². The first kappa shape index (κ1) is 11.6. The fourth-order valence-electron chi connectivity index (χ4n) is 1.84. The van der Waals surface area contributed by atoms with Crippen LogP contribution in [0.5, 0.6) is 0 Å². The molecule has 2 atom stereocenters. The Balaban J connectivity index is 2.04. The van der Waals surface area contributed by atoms with Gasteiger partial charge in [0.1, 0.15) is 0 Å². The number of aliphatic hydroxyl groups is 2. The van der Waals surface area contributed by atoms with Crippen molar-refractivity contribution in [1.82, 2.24) is 9.97 Å². The summed E-state index contributed by atoms with van der Waals surface area (Å²) in [5.74, 6) is 0.531. The smallest absolute Gasteiger partial charge is 0.225 e. The highest BCUT2D eigenvalue weighted by Gasteiger charge is 2.28. The molecule has 1 aliphatic heterocycles. The van der Waals surface area contributed by atoms with Crippen molar-refractivity contribution in [2.45, 2.75) is 12.5 Å². The summed E-state index contributed by atoms with van der Waals surface area (Å²) >= 11 is 5.70. The molecule has 2 heterocycles. The molecule has 1 aromatic heterocycles. The Morgan fingerprint density at radius 3 is 2.69 bits per heavy atom. The molecule has 0 amide bonds. The van der Waals surface area contributed by atoms with E-state index < -0.39 is 6.10 Å². The molecule has 6 heteroatoms. The summed E-state index contributed by atoms with van der Waals surface area (Å²) in [6.45, 7) is 1.22. The van der Waals surface area contributed by atoms with Gasteiger partial charge in [0, 0.05) is 25.6 Å². The summed E-state index contributed by atoms with van der Waals surface area (Å²) < 4.78 is 0. The lowest BCUT2D eigenvalue weighted by Crippen LogP contribution is -2.45. The van der Waals surface area contributed by atoms with Crippen LogP contribution in [0.4, 0.5) is 5.95 Å². The van der Waals surface area contributed by atoms with Crippen molar-refractivity contribution in [3.8, 4) is 0 Å². The number of rotatable bonds is 2. The van der Waals surface area contributed by atoms with E-state index in [-0.39, 0.29) is 12.5 Å². The molecular formula is C10H14ClN3O2. The maximum atomic E-state index is 9.77. The van der Waals surface area contributed by atoms with Gasteiger partial charge in [-0.05, 0) is 6.42 Å². The minimum absolute atomic E-state index is 0.0243. The first-order valence-corrected chi connectivity index (χ1v) is 5.60. The molecular weight excluding hydrogens is 230 g/mol. The van der Waals surface area contributed by atoms with Gasteiger partial charge in [-0.1, -0.05) is 11.6 Å². The molecule has 1 saturated heterocycles. The minimum atomic E-state index is -0.530. The highest BCUT2D eigenvalue weighted by atomic mass is 35.5. The van der Waals surface area contributed by atoms with Crippen LogP contribution in [0.2, 0.25) is 5.02 Å². The molecule has 88 valence electrons. The molecule has 0 radical (unpaired) electrons. The Morgan fingerprint density at radius 1 is 1.44 bits per heavy atom. The van der Waals surface area contributed by atoms with Gasteiger partial charge in [0.25, 0.3) is 0 Å². The third-order valence-corrected chi connectivity index (χ3v) is 3.04. The Kier molecular flexibility index (Phi) is 3.58. The Labute approximate surface area is 98.7 Å². The van der Waals surface area contributed by atoms with Gasteiger partial charge in [-0.15, -0.1) is 0 Å². The molecule has 2 N–H and O–H groups in total. The van der Waals surface area contributed by atoms with E-state index >= 15 is 0 Å². The number of anilines is 1. The van der Waals surface area contributed by atoms with Gasteiger partial charge in [-0.3, -0.25) is 0 Å². The van der Waals surface area contributed by atoms with Gasteiger partial charge >= 0.3 is 0 Å². The van der Waals surface area contributed by atoms with E-state index in [1.54, 1.807) is 0 Å². The quantitative estimate of drug-likeness (QED) is 0.783. The van der Waals surface area contributed by atoms with Crippen LogP contribution in [0.15, 0.2) is 12.4 Å². The number of aromatic nitrogens is 2. The van der Waals surface area contributed by atoms with Gasteiger partial charge in [-0.2, -0.15) is 0 Å². The maximum Gasteiger partial charge on any atom is 0.225 e. The summed E-state index contributed by atoms with van der Waals surface area (Å²) in [6.07, 6.45) is 3.28. The minimum Gasteiger partial charge on any atom is -0.396 e. The summed E-state index contributed by atoms with van der Waals surface area (Å²) in [5, 5.41) is 19.3. The Morgan fingerprint density at radius 2 is 2.12 bits per heavy atom. The maximum absolute atomic E-state index is 9.77. The van der Waals surface area contributed by atoms with Crippen LogP contribution < -0.4 is 4.90 Å². The first-order chi connectivity index (χ1) is 7.70. The zero-order chi connectivity index (χ0) is 11.5. The lowest BCUT2D eigenvalue weighted by atomic mass is 9.95. The van der Waals surface area contributed by atoms with Crippen LogP contribution in [0.3, 0.4) is 0 Å². The molecule has 0 bridgehead atoms. The number of aliphatic hydroxyl groups excluding tert-OH is 2. The van der Waals surface area contributed by atoms with E-state index in [9.17, 15) is 5.11 Å². The van der Waals surface area contributed by atoms with Crippen molar-refractivity contribution in [2.75, 3.05) is 24.6 Å². The van der Waals surface area contributed by atoms with Crippen LogP contribution in [0.1, 0.15) is 6.42 Å². The highest BCUT2D eigenvalue weighted by molar-refractivity contribution is 6.30. The largest absolute Gasteiger partial charge is 0.396 e. The number of β-amino-alcohol motifs (C(OH)–C–C–N with tert-alkyl or cyclic N) is 1. The topological polar surface area (TPSA) is 69.5 Å². The molecule has 0 aliphatic carbocycles. The van der Waals surface area contributed by atoms with Crippen LogP contribution in [0, 0.1) is 5.92 Å². The molecule has 0 saturated carbocycles. The Hall–Kier alpha value is -0.910. The molecule has 16 heavy (non-hydrogen) atoms. The fourth-order valence-corrected chi connectivity index (χ4v) is 1.94. The zero-order valence-corrected chi connectivity index (χ0v) is 9.51. The molecule has 5 nitrogen and oxygen atoms in total. The van der Waals surface area contributed by atoms with Crippen molar-refractivity contribution >= 4 is 17.5 Å². The second-order valence-electron chi connectivity index (χ2n) is 3.95. The summed E-state index contributed by atoms with van der Waals surface area (Å²) in [4.78, 5) is 10.1. The summed E-state index contributed by atoms with van der Waals surface area (Å²) in [6, 6.07) is 0. The first-order valence-electron chi connectivity index (χ1n) is 5.22. The fraction of sp³-hybridized carbons (Fsp3) is 0.600. The van der Waals surface area contributed by atoms with Gasteiger partial charge in [0.2, 0.25) is 5.95 Å². The average molecular weight is 244 g/mol. The van der Waals surface area contributed by atoms with Gasteiger partial charge in [-0.25, -0.2) is 9.97 Å². The highest BCUT2D eigenvalue weighted by Crippen LogP contribution is 2.20. The van der Waals surface area contributed by atoms with E-state index in [2.05, 4.69) is 9.97 Å². The van der Waals surface area contributed by atoms with Crippen LogP contribution in [-0.4, -0.2) is 46.0 Å². The normalized spacial score (nSPS) is 25.8. The number of halogens is 1. The monoisotopic (exact) mass is 243 g/mol. The molecule has 2 rings (SSSR count). The van der Waals surface area contributed by atoms with Gasteiger partial charge in [0.15, 0.2) is 0 Å². The van der Waals surface area contributed by atoms with Gasteiger partial charge < -0.3 is 15.1 Å². The van der Waals surface area contributed by atoms with Crippen molar-refractivity contribution in [1.29, 1.82) is 0 Å². The summed E-state index contributed by atoms with van der Waals surface area (Å²) in [7, 11) is 0. The second-order valence-corrected chi connectivity index (χ2v) is 4.38. The Bertz CT molecular complexity index is 346. The summed E-state index contributed by atoms with van der Waals surface area (Å²) in [5.41, 5.74) is 0. The number of nitrogens with zero attached hydrogens (tertiary/aromatic N) is 3. The van der Waals surface area contributed by atoms with Crippen LogP contribution >= 0.6 is 11.6 Å². The number of piperidine rings is 1. The predicted octanol–water partition coefficient (Wildman–Crippen LogP) is 0.309. The van der Waals surface area contributed by atoms with Crippen LogP contribution in [-0.2, 0) is 0 Å². The standard InChI is InChI=1S/C10H14ClN3O2/c11-8-3-12-10(13-4-8)14-2-1-7(6-15)9(16)5-14/h3-4,7,9,15-16H,1-2,5-6H2/t7-,9+/m0/s1. The third kappa shape index (κ3) is 2.42. The number of hydrogen-bond acceptors (Lipinski definition) is 5. The van der Waals surface area contributed by atoms with Crippen molar-refractivity contribution in [3.63, 3.8) is 0 Å². The van der Waals surface area contributed by atoms with Gasteiger partial charge in [0.05, 0.1) is 23.5 Å².